The Morgan fingerprint density at radius 2 is 1.55 bits per heavy atom. The average Bonchev–Trinajstić information content (AvgIpc) is 2.72. The van der Waals surface area contributed by atoms with Crippen LogP contribution in [0.4, 0.5) is 0 Å². The number of carbonyl (C=O) groups is 1. The van der Waals surface area contributed by atoms with Crippen molar-refractivity contribution in [3.8, 4) is 11.5 Å². The third-order valence-electron chi connectivity index (χ3n) is 5.13. The molecule has 1 aliphatic heterocycles. The number of amides is 1. The van der Waals surface area contributed by atoms with Gasteiger partial charge in [-0.15, -0.1) is 0 Å². The Morgan fingerprint density at radius 3 is 2.14 bits per heavy atom. The molecule has 3 rings (SSSR count). The summed E-state index contributed by atoms with van der Waals surface area (Å²) in [7, 11) is -0.725. The Morgan fingerprint density at radius 1 is 0.897 bits per heavy atom. The Labute approximate surface area is 171 Å². The Balaban J connectivity index is 1.73. The van der Waals surface area contributed by atoms with E-state index >= 15 is 0 Å². The maximum Gasteiger partial charge on any atom is 0.254 e. The van der Waals surface area contributed by atoms with E-state index in [1.807, 2.05) is 32.0 Å². The zero-order valence-electron chi connectivity index (χ0n) is 17.1. The van der Waals surface area contributed by atoms with Crippen molar-refractivity contribution in [2.45, 2.75) is 18.7 Å². The standard InChI is InChI=1S/C21H26N2O5S/c1-15-5-7-18(16(2)13-15)21(24)22-9-11-23(12-10-22)29(25,26)17-6-8-19(27-3)20(14-17)28-4/h5-8,13-14H,9-12H2,1-4H3. The van der Waals surface area contributed by atoms with Crippen LogP contribution in [0.25, 0.3) is 0 Å². The minimum absolute atomic E-state index is 0.0642. The van der Waals surface area contributed by atoms with E-state index in [0.717, 1.165) is 11.1 Å². The number of aryl methyl sites for hydroxylation is 2. The topological polar surface area (TPSA) is 76.2 Å². The lowest BCUT2D eigenvalue weighted by atomic mass is 10.0. The summed E-state index contributed by atoms with van der Waals surface area (Å²) in [5.74, 6) is 0.762. The van der Waals surface area contributed by atoms with Gasteiger partial charge in [0.15, 0.2) is 11.5 Å². The zero-order chi connectivity index (χ0) is 21.2. The van der Waals surface area contributed by atoms with E-state index < -0.39 is 10.0 Å². The predicted octanol–water partition coefficient (Wildman–Crippen LogP) is 2.47. The molecule has 156 valence electrons. The summed E-state index contributed by atoms with van der Waals surface area (Å²) in [4.78, 5) is 14.7. The molecule has 0 aromatic heterocycles. The molecule has 8 heteroatoms. The molecule has 2 aromatic carbocycles. The first-order valence-electron chi connectivity index (χ1n) is 9.36. The molecule has 7 nitrogen and oxygen atoms in total. The molecule has 1 amide bonds. The fourth-order valence-electron chi connectivity index (χ4n) is 3.48. The summed E-state index contributed by atoms with van der Waals surface area (Å²) in [6.07, 6.45) is 0. The molecule has 1 fully saturated rings. The summed E-state index contributed by atoms with van der Waals surface area (Å²) >= 11 is 0. The van der Waals surface area contributed by atoms with Gasteiger partial charge in [0.1, 0.15) is 0 Å². The van der Waals surface area contributed by atoms with Gasteiger partial charge in [0.2, 0.25) is 10.0 Å². The molecule has 0 bridgehead atoms. The number of ether oxygens (including phenoxy) is 2. The lowest BCUT2D eigenvalue weighted by Crippen LogP contribution is -2.50. The molecule has 0 spiro atoms. The Kier molecular flexibility index (Phi) is 6.14. The van der Waals surface area contributed by atoms with Crippen LogP contribution in [0.15, 0.2) is 41.3 Å². The van der Waals surface area contributed by atoms with Crippen LogP contribution in [-0.2, 0) is 10.0 Å². The van der Waals surface area contributed by atoms with Gasteiger partial charge in [-0.25, -0.2) is 8.42 Å². The second-order valence-electron chi connectivity index (χ2n) is 7.03. The number of nitrogens with zero attached hydrogens (tertiary/aromatic N) is 2. The molecule has 0 atom stereocenters. The van der Waals surface area contributed by atoms with E-state index in [4.69, 9.17) is 9.47 Å². The highest BCUT2D eigenvalue weighted by Crippen LogP contribution is 2.31. The number of hydrogen-bond donors (Lipinski definition) is 0. The molecular weight excluding hydrogens is 392 g/mol. The van der Waals surface area contributed by atoms with Gasteiger partial charge in [-0.1, -0.05) is 17.7 Å². The molecule has 0 unspecified atom stereocenters. The van der Waals surface area contributed by atoms with Crippen molar-refractivity contribution < 1.29 is 22.7 Å². The Hall–Kier alpha value is -2.58. The van der Waals surface area contributed by atoms with Gasteiger partial charge < -0.3 is 14.4 Å². The molecule has 0 saturated carbocycles. The largest absolute Gasteiger partial charge is 0.493 e. The smallest absolute Gasteiger partial charge is 0.254 e. The number of piperazine rings is 1. The molecule has 0 radical (unpaired) electrons. The van der Waals surface area contributed by atoms with Crippen molar-refractivity contribution in [1.82, 2.24) is 9.21 Å². The van der Waals surface area contributed by atoms with Crippen LogP contribution in [0.3, 0.4) is 0 Å². The summed E-state index contributed by atoms with van der Waals surface area (Å²) in [6.45, 7) is 5.08. The Bertz CT molecular complexity index is 1010. The summed E-state index contributed by atoms with van der Waals surface area (Å²) in [6, 6.07) is 10.3. The van der Waals surface area contributed by atoms with E-state index in [1.165, 1.54) is 30.7 Å². The molecule has 2 aromatic rings. The molecule has 1 saturated heterocycles. The summed E-state index contributed by atoms with van der Waals surface area (Å²) < 4.78 is 37.8. The maximum absolute atomic E-state index is 13.0. The van der Waals surface area contributed by atoms with Crippen molar-refractivity contribution in [3.63, 3.8) is 0 Å². The number of sulfonamides is 1. The van der Waals surface area contributed by atoms with E-state index in [2.05, 4.69) is 0 Å². The van der Waals surface area contributed by atoms with E-state index in [1.54, 1.807) is 11.0 Å². The average molecular weight is 419 g/mol. The number of methoxy groups -OCH3 is 2. The minimum atomic E-state index is -3.69. The first-order valence-corrected chi connectivity index (χ1v) is 10.8. The van der Waals surface area contributed by atoms with Gasteiger partial charge in [-0.05, 0) is 37.6 Å². The van der Waals surface area contributed by atoms with Crippen molar-refractivity contribution in [1.29, 1.82) is 0 Å². The number of carbonyl (C=O) groups excluding carboxylic acids is 1. The SMILES string of the molecule is COc1ccc(S(=O)(=O)N2CCN(C(=O)c3ccc(C)cc3C)CC2)cc1OC. The van der Waals surface area contributed by atoms with E-state index in [0.29, 0.717) is 30.2 Å². The number of benzene rings is 2. The minimum Gasteiger partial charge on any atom is -0.493 e. The number of hydrogen-bond acceptors (Lipinski definition) is 5. The fraction of sp³-hybridized carbons (Fsp3) is 0.381. The van der Waals surface area contributed by atoms with Crippen LogP contribution < -0.4 is 9.47 Å². The molecular formula is C21H26N2O5S. The fourth-order valence-corrected chi connectivity index (χ4v) is 4.92. The quantitative estimate of drug-likeness (QED) is 0.746. The van der Waals surface area contributed by atoms with E-state index in [9.17, 15) is 13.2 Å². The molecule has 0 aliphatic carbocycles. The molecule has 1 aliphatic rings. The van der Waals surface area contributed by atoms with Crippen LogP contribution in [0.2, 0.25) is 0 Å². The van der Waals surface area contributed by atoms with Crippen LogP contribution in [0, 0.1) is 13.8 Å². The molecule has 0 N–H and O–H groups in total. The van der Waals surface area contributed by atoms with Gasteiger partial charge in [-0.2, -0.15) is 4.31 Å². The highest BCUT2D eigenvalue weighted by Gasteiger charge is 2.31. The highest BCUT2D eigenvalue weighted by molar-refractivity contribution is 7.89. The van der Waals surface area contributed by atoms with Crippen LogP contribution >= 0.6 is 0 Å². The van der Waals surface area contributed by atoms with Gasteiger partial charge in [0.25, 0.3) is 5.91 Å². The second kappa shape index (κ2) is 8.42. The van der Waals surface area contributed by atoms with Crippen LogP contribution in [0.1, 0.15) is 21.5 Å². The van der Waals surface area contributed by atoms with Gasteiger partial charge in [0.05, 0.1) is 19.1 Å². The first-order chi connectivity index (χ1) is 13.8. The lowest BCUT2D eigenvalue weighted by molar-refractivity contribution is 0.0697. The monoisotopic (exact) mass is 418 g/mol. The highest BCUT2D eigenvalue weighted by atomic mass is 32.2. The second-order valence-corrected chi connectivity index (χ2v) is 8.97. The number of rotatable bonds is 5. The van der Waals surface area contributed by atoms with E-state index in [-0.39, 0.29) is 23.9 Å². The summed E-state index contributed by atoms with van der Waals surface area (Å²) in [5.41, 5.74) is 2.69. The van der Waals surface area contributed by atoms with Gasteiger partial charge in [-0.3, -0.25) is 4.79 Å². The summed E-state index contributed by atoms with van der Waals surface area (Å²) in [5, 5.41) is 0. The van der Waals surface area contributed by atoms with Crippen molar-refractivity contribution in [2.24, 2.45) is 0 Å². The van der Waals surface area contributed by atoms with Crippen LogP contribution in [0.5, 0.6) is 11.5 Å². The third-order valence-corrected chi connectivity index (χ3v) is 7.03. The lowest BCUT2D eigenvalue weighted by Gasteiger charge is -2.34. The van der Waals surface area contributed by atoms with Crippen molar-refractivity contribution in [3.05, 3.63) is 53.1 Å². The van der Waals surface area contributed by atoms with Gasteiger partial charge in [0, 0.05) is 37.8 Å². The predicted molar refractivity (Wildman–Crippen MR) is 110 cm³/mol. The normalized spacial score (nSPS) is 15.2. The third kappa shape index (κ3) is 4.23. The van der Waals surface area contributed by atoms with Gasteiger partial charge >= 0.3 is 0 Å². The van der Waals surface area contributed by atoms with Crippen molar-refractivity contribution >= 4 is 15.9 Å². The zero-order valence-corrected chi connectivity index (χ0v) is 18.0. The first kappa shape index (κ1) is 21.1. The molecule has 29 heavy (non-hydrogen) atoms. The molecule has 1 heterocycles. The van der Waals surface area contributed by atoms with Crippen molar-refractivity contribution in [2.75, 3.05) is 40.4 Å². The maximum atomic E-state index is 13.0. The van der Waals surface area contributed by atoms with Crippen LogP contribution in [-0.4, -0.2) is 63.9 Å².